The molecule has 9 nitrogen and oxygen atoms in total. The number of hydrogen-bond acceptors (Lipinski definition) is 8. The summed E-state index contributed by atoms with van der Waals surface area (Å²) in [5, 5.41) is 17.7. The molecule has 0 aliphatic heterocycles. The van der Waals surface area contributed by atoms with Gasteiger partial charge in [0.25, 0.3) is 0 Å². The molecule has 3 N–H and O–H groups in total. The molecule has 154 valence electrons. The molecule has 0 amide bonds. The molecular formula is C22H19N7O2. The lowest BCUT2D eigenvalue weighted by Gasteiger charge is -2.07. The molecule has 5 aromatic rings. The molecule has 9 heteroatoms. The summed E-state index contributed by atoms with van der Waals surface area (Å²) in [4.78, 5) is 8.94. The molecule has 0 unspecified atom stereocenters. The Morgan fingerprint density at radius 1 is 0.968 bits per heavy atom. The zero-order valence-electron chi connectivity index (χ0n) is 16.7. The van der Waals surface area contributed by atoms with Crippen LogP contribution in [0.25, 0.3) is 22.7 Å². The van der Waals surface area contributed by atoms with Crippen molar-refractivity contribution in [3.8, 4) is 22.7 Å². The average molecular weight is 413 g/mol. The van der Waals surface area contributed by atoms with Gasteiger partial charge in [-0.3, -0.25) is 5.10 Å². The van der Waals surface area contributed by atoms with Crippen LogP contribution in [-0.2, 0) is 6.54 Å². The van der Waals surface area contributed by atoms with Gasteiger partial charge in [-0.25, -0.2) is 4.98 Å². The lowest BCUT2D eigenvalue weighted by molar-refractivity contribution is 0.390. The minimum Gasteiger partial charge on any atom is -0.463 e. The number of nitrogens with zero attached hydrogens (tertiary/aromatic N) is 4. The molecule has 31 heavy (non-hydrogen) atoms. The summed E-state index contributed by atoms with van der Waals surface area (Å²) in [5.74, 6) is 3.12. The maximum atomic E-state index is 5.43. The molecule has 0 saturated carbocycles. The van der Waals surface area contributed by atoms with E-state index in [0.29, 0.717) is 35.6 Å². The van der Waals surface area contributed by atoms with Crippen LogP contribution in [0.4, 0.5) is 17.6 Å². The molecule has 0 spiro atoms. The molecular weight excluding hydrogens is 394 g/mol. The molecule has 0 fully saturated rings. The second-order valence-corrected chi connectivity index (χ2v) is 6.89. The number of furan rings is 1. The number of aromatic amines is 1. The van der Waals surface area contributed by atoms with E-state index in [4.69, 9.17) is 8.94 Å². The second kappa shape index (κ2) is 8.15. The summed E-state index contributed by atoms with van der Waals surface area (Å²) < 4.78 is 10.8. The summed E-state index contributed by atoms with van der Waals surface area (Å²) >= 11 is 0. The van der Waals surface area contributed by atoms with Crippen LogP contribution >= 0.6 is 0 Å². The summed E-state index contributed by atoms with van der Waals surface area (Å²) in [6.07, 6.45) is 1.62. The Bertz CT molecular complexity index is 1280. The van der Waals surface area contributed by atoms with Crippen molar-refractivity contribution in [3.05, 3.63) is 78.4 Å². The predicted molar refractivity (Wildman–Crippen MR) is 116 cm³/mol. The van der Waals surface area contributed by atoms with Gasteiger partial charge < -0.3 is 19.6 Å². The molecule has 0 atom stereocenters. The Kier molecular flexibility index (Phi) is 4.89. The van der Waals surface area contributed by atoms with Gasteiger partial charge in [0.1, 0.15) is 17.2 Å². The predicted octanol–water partition coefficient (Wildman–Crippen LogP) is 4.78. The lowest BCUT2D eigenvalue weighted by Crippen LogP contribution is -2.06. The van der Waals surface area contributed by atoms with E-state index in [0.717, 1.165) is 22.6 Å². The second-order valence-electron chi connectivity index (χ2n) is 6.89. The van der Waals surface area contributed by atoms with Crippen molar-refractivity contribution in [1.29, 1.82) is 0 Å². The quantitative estimate of drug-likeness (QED) is 0.349. The summed E-state index contributed by atoms with van der Waals surface area (Å²) in [5.41, 5.74) is 3.38. The first-order valence-electron chi connectivity index (χ1n) is 9.70. The standard InChI is InChI=1S/C22H19N7O2/c1-14-10-20(25-21-12-18(27-28-21)19-8-5-9-30-19)26-22(24-14)23-13-16-11-17(29-31-16)15-6-3-2-4-7-15/h2-12H,13H2,1H3,(H3,23,24,25,26,27,28). The Hall–Kier alpha value is -4.40. The summed E-state index contributed by atoms with van der Waals surface area (Å²) in [6, 6.07) is 19.2. The van der Waals surface area contributed by atoms with Crippen molar-refractivity contribution in [2.24, 2.45) is 0 Å². The van der Waals surface area contributed by atoms with E-state index in [1.165, 1.54) is 0 Å². The number of nitrogens with one attached hydrogen (secondary N) is 3. The number of hydrogen-bond donors (Lipinski definition) is 3. The Morgan fingerprint density at radius 3 is 2.71 bits per heavy atom. The van der Waals surface area contributed by atoms with Gasteiger partial charge in [-0.05, 0) is 19.1 Å². The number of aryl methyl sites for hydroxylation is 1. The summed E-state index contributed by atoms with van der Waals surface area (Å²) in [7, 11) is 0. The third-order valence-electron chi connectivity index (χ3n) is 4.52. The van der Waals surface area contributed by atoms with Gasteiger partial charge in [-0.2, -0.15) is 10.1 Å². The molecule has 0 aliphatic carbocycles. The highest BCUT2D eigenvalue weighted by Crippen LogP contribution is 2.23. The molecule has 1 aromatic carbocycles. The fraction of sp³-hybridized carbons (Fsp3) is 0.0909. The van der Waals surface area contributed by atoms with Gasteiger partial charge in [-0.15, -0.1) is 0 Å². The number of anilines is 3. The maximum absolute atomic E-state index is 5.43. The number of H-pyrrole nitrogens is 1. The Balaban J connectivity index is 1.26. The topological polar surface area (TPSA) is 118 Å². The van der Waals surface area contributed by atoms with Gasteiger partial charge in [0, 0.05) is 29.5 Å². The van der Waals surface area contributed by atoms with Crippen molar-refractivity contribution in [3.63, 3.8) is 0 Å². The first kappa shape index (κ1) is 18.6. The fourth-order valence-electron chi connectivity index (χ4n) is 3.09. The van der Waals surface area contributed by atoms with Crippen LogP contribution in [0.5, 0.6) is 0 Å². The lowest BCUT2D eigenvalue weighted by atomic mass is 10.1. The smallest absolute Gasteiger partial charge is 0.225 e. The van der Waals surface area contributed by atoms with Gasteiger partial charge in [-0.1, -0.05) is 35.5 Å². The van der Waals surface area contributed by atoms with E-state index >= 15 is 0 Å². The minimum absolute atomic E-state index is 0.410. The first-order valence-corrected chi connectivity index (χ1v) is 9.70. The third kappa shape index (κ3) is 4.30. The molecule has 4 aromatic heterocycles. The zero-order chi connectivity index (χ0) is 21.0. The van der Waals surface area contributed by atoms with Crippen molar-refractivity contribution < 1.29 is 8.94 Å². The monoisotopic (exact) mass is 413 g/mol. The average Bonchev–Trinajstić information content (AvgIpc) is 3.54. The van der Waals surface area contributed by atoms with Crippen LogP contribution < -0.4 is 10.6 Å². The minimum atomic E-state index is 0.410. The van der Waals surface area contributed by atoms with E-state index in [-0.39, 0.29) is 0 Å². The van der Waals surface area contributed by atoms with Crippen LogP contribution in [-0.4, -0.2) is 25.3 Å². The molecule has 0 bridgehead atoms. The molecule has 4 heterocycles. The van der Waals surface area contributed by atoms with Crippen LogP contribution in [0.3, 0.4) is 0 Å². The maximum Gasteiger partial charge on any atom is 0.225 e. The van der Waals surface area contributed by atoms with E-state index < -0.39 is 0 Å². The van der Waals surface area contributed by atoms with E-state index in [1.54, 1.807) is 6.26 Å². The van der Waals surface area contributed by atoms with E-state index in [1.807, 2.05) is 67.6 Å². The third-order valence-corrected chi connectivity index (χ3v) is 4.52. The van der Waals surface area contributed by atoms with Crippen LogP contribution in [0, 0.1) is 6.92 Å². The first-order chi connectivity index (χ1) is 15.2. The highest BCUT2D eigenvalue weighted by Gasteiger charge is 2.10. The van der Waals surface area contributed by atoms with Crippen molar-refractivity contribution in [1.82, 2.24) is 25.3 Å². The van der Waals surface area contributed by atoms with Crippen molar-refractivity contribution in [2.75, 3.05) is 10.6 Å². The zero-order valence-corrected chi connectivity index (χ0v) is 16.7. The van der Waals surface area contributed by atoms with Crippen molar-refractivity contribution in [2.45, 2.75) is 13.5 Å². The highest BCUT2D eigenvalue weighted by molar-refractivity contribution is 5.62. The molecule has 0 saturated heterocycles. The summed E-state index contributed by atoms with van der Waals surface area (Å²) in [6.45, 7) is 2.31. The number of rotatable bonds is 7. The van der Waals surface area contributed by atoms with E-state index in [9.17, 15) is 0 Å². The number of benzene rings is 1. The molecule has 5 rings (SSSR count). The van der Waals surface area contributed by atoms with E-state index in [2.05, 4.69) is 36.0 Å². The highest BCUT2D eigenvalue weighted by atomic mass is 16.5. The van der Waals surface area contributed by atoms with Gasteiger partial charge in [0.15, 0.2) is 17.3 Å². The fourth-order valence-corrected chi connectivity index (χ4v) is 3.09. The molecule has 0 aliphatic rings. The van der Waals surface area contributed by atoms with Gasteiger partial charge >= 0.3 is 0 Å². The SMILES string of the molecule is Cc1cc(Nc2cc(-c3ccco3)[nH]n2)nc(NCc2cc(-c3ccccc3)no2)n1. The Morgan fingerprint density at radius 2 is 1.87 bits per heavy atom. The van der Waals surface area contributed by atoms with Crippen LogP contribution in [0.15, 0.2) is 75.9 Å². The van der Waals surface area contributed by atoms with Crippen LogP contribution in [0.2, 0.25) is 0 Å². The van der Waals surface area contributed by atoms with Crippen molar-refractivity contribution >= 4 is 17.6 Å². The Labute approximate surface area is 177 Å². The van der Waals surface area contributed by atoms with Gasteiger partial charge in [0.2, 0.25) is 5.95 Å². The molecule has 0 radical (unpaired) electrons. The largest absolute Gasteiger partial charge is 0.463 e. The number of aromatic nitrogens is 5. The van der Waals surface area contributed by atoms with Crippen LogP contribution in [0.1, 0.15) is 11.5 Å². The van der Waals surface area contributed by atoms with Gasteiger partial charge in [0.05, 0.1) is 12.8 Å². The normalized spacial score (nSPS) is 10.9.